The average molecular weight is 1040 g/mol. The lowest BCUT2D eigenvalue weighted by Gasteiger charge is -2.34. The molecule has 0 rings (SSSR count). The molecule has 68 heavy (non-hydrogen) atoms. The molecule has 0 aliphatic heterocycles. The first-order valence-corrected chi connectivity index (χ1v) is 19.3. The molecule has 12 nitrogen and oxygen atoms in total. The molecule has 404 valence electrons. The maximum atomic E-state index is 13.1. The largest absolute Gasteiger partial charge is 0.460 e. The van der Waals surface area contributed by atoms with Gasteiger partial charge in [0.2, 0.25) is 11.8 Å². The van der Waals surface area contributed by atoms with E-state index < -0.39 is 110 Å². The number of aliphatic hydroxyl groups excluding tert-OH is 4. The van der Waals surface area contributed by atoms with Crippen LogP contribution in [-0.2, 0) is 28.7 Å². The zero-order valence-corrected chi connectivity index (χ0v) is 37.6. The number of rotatable bonds is 22. The number of hydrogen-bond donors (Lipinski definition) is 6. The molecule has 0 aromatic carbocycles. The van der Waals surface area contributed by atoms with Crippen molar-refractivity contribution in [2.24, 2.45) is 11.3 Å². The summed E-state index contributed by atoms with van der Waals surface area (Å²) in [4.78, 5) is 43.8. The van der Waals surface area contributed by atoms with Gasteiger partial charge in [-0.2, -0.15) is 79.0 Å². The van der Waals surface area contributed by atoms with E-state index >= 15 is 0 Å². The van der Waals surface area contributed by atoms with Gasteiger partial charge >= 0.3 is 59.8 Å². The van der Waals surface area contributed by atoms with Crippen molar-refractivity contribution in [1.29, 1.82) is 0 Å². The lowest BCUT2D eigenvalue weighted by molar-refractivity contribution is -0.398. The molecule has 6 N–H and O–H groups in total. The summed E-state index contributed by atoms with van der Waals surface area (Å²) in [6.07, 6.45) is -22.8. The first-order valence-electron chi connectivity index (χ1n) is 19.3. The summed E-state index contributed by atoms with van der Waals surface area (Å²) in [6.45, 7) is 18.0. The summed E-state index contributed by atoms with van der Waals surface area (Å²) < 4.78 is 233. The molecule has 0 spiro atoms. The van der Waals surface area contributed by atoms with Crippen LogP contribution in [0.5, 0.6) is 0 Å². The summed E-state index contributed by atoms with van der Waals surface area (Å²) in [7, 11) is 0. The smallest absolute Gasteiger partial charge is 0.460 e. The second-order valence-electron chi connectivity index (χ2n) is 15.3. The predicted molar refractivity (Wildman–Crippen MR) is 203 cm³/mol. The van der Waals surface area contributed by atoms with Gasteiger partial charge in [-0.25, -0.2) is 9.59 Å². The number of hydrogen-bond acceptors (Lipinski definition) is 10. The number of nitrogens with one attached hydrogen (secondary N) is 2. The molecule has 0 radical (unpaired) electrons. The molecular weight excluding hydrogens is 986 g/mol. The number of esters is 2. The predicted octanol–water partition coefficient (Wildman–Crippen LogP) is 7.71. The van der Waals surface area contributed by atoms with E-state index in [9.17, 15) is 98.2 Å². The van der Waals surface area contributed by atoms with E-state index in [0.717, 1.165) is 19.8 Å². The van der Waals surface area contributed by atoms with E-state index in [4.69, 9.17) is 20.4 Å². The fourth-order valence-electron chi connectivity index (χ4n) is 3.56. The van der Waals surface area contributed by atoms with E-state index in [1.54, 1.807) is 13.8 Å². The minimum atomic E-state index is -7.03. The van der Waals surface area contributed by atoms with Crippen LogP contribution in [0.2, 0.25) is 0 Å². The van der Waals surface area contributed by atoms with Gasteiger partial charge in [-0.3, -0.25) is 9.59 Å². The second kappa shape index (κ2) is 28.0. The van der Waals surface area contributed by atoms with Crippen molar-refractivity contribution >= 4 is 23.8 Å². The summed E-state index contributed by atoms with van der Waals surface area (Å²) in [5.41, 5.74) is -0.576. The van der Waals surface area contributed by atoms with Crippen molar-refractivity contribution in [2.45, 2.75) is 153 Å². The molecule has 0 aliphatic rings. The number of ether oxygens (including phenoxy) is 2. The van der Waals surface area contributed by atoms with Crippen LogP contribution in [0, 0.1) is 11.3 Å². The Balaban J connectivity index is -0.000000422. The average Bonchev–Trinajstić information content (AvgIpc) is 3.18. The van der Waals surface area contributed by atoms with E-state index in [0.29, 0.717) is 19.2 Å². The zero-order valence-electron chi connectivity index (χ0n) is 37.6. The van der Waals surface area contributed by atoms with Gasteiger partial charge < -0.3 is 40.5 Å². The molecule has 5 atom stereocenters. The van der Waals surface area contributed by atoms with Gasteiger partial charge in [0, 0.05) is 48.9 Å². The maximum Gasteiger partial charge on any atom is 0.460 e. The first-order chi connectivity index (χ1) is 30.0. The molecule has 0 fully saturated rings. The SMILES string of the molecule is C=C(C)C(=O)OCC(O)CC(F)(F)C(F)(F)C(F)(F)C(F)(F)F.C=CC(=O)OCC(O)CC(F)(F)C(F)(F)C(F)(F)C(F)(F)F.CCC(C)(C)C(=O)NCC(C)O.CCC(C)C(=O)NCC(C)O. The van der Waals surface area contributed by atoms with Crippen molar-refractivity contribution in [3.05, 3.63) is 24.8 Å². The van der Waals surface area contributed by atoms with Crippen LogP contribution in [-0.4, -0.2) is 143 Å². The quantitative estimate of drug-likeness (QED) is 0.0356. The fourth-order valence-corrected chi connectivity index (χ4v) is 3.56. The zero-order chi connectivity index (χ0) is 55.5. The molecule has 0 saturated heterocycles. The van der Waals surface area contributed by atoms with E-state index in [1.807, 2.05) is 34.6 Å². The lowest BCUT2D eigenvalue weighted by Crippen LogP contribution is -2.61. The Hall–Kier alpha value is -4.06. The van der Waals surface area contributed by atoms with Gasteiger partial charge in [0.15, 0.2) is 0 Å². The molecule has 0 aromatic heterocycles. The molecule has 30 heteroatoms. The van der Waals surface area contributed by atoms with Gasteiger partial charge in [-0.05, 0) is 33.6 Å². The van der Waals surface area contributed by atoms with E-state index in [-0.39, 0.29) is 28.7 Å². The molecule has 2 amide bonds. The summed E-state index contributed by atoms with van der Waals surface area (Å²) >= 11 is 0. The van der Waals surface area contributed by atoms with Crippen LogP contribution < -0.4 is 10.6 Å². The highest BCUT2D eigenvalue weighted by Gasteiger charge is 2.82. The van der Waals surface area contributed by atoms with Crippen LogP contribution in [0.1, 0.15) is 81.1 Å². The van der Waals surface area contributed by atoms with Gasteiger partial charge in [0.25, 0.3) is 0 Å². The van der Waals surface area contributed by atoms with Crippen LogP contribution in [0.3, 0.4) is 0 Å². The normalized spacial score (nSPS) is 15.1. The van der Waals surface area contributed by atoms with E-state index in [2.05, 4.69) is 33.3 Å². The molecule has 0 bridgehead atoms. The number of halogens is 18. The van der Waals surface area contributed by atoms with Gasteiger partial charge in [-0.1, -0.05) is 47.8 Å². The third-order valence-corrected chi connectivity index (χ3v) is 8.43. The molecule has 5 unspecified atom stereocenters. The Kier molecular flexibility index (Phi) is 29.0. The summed E-state index contributed by atoms with van der Waals surface area (Å²) in [5.74, 6) is -41.9. The standard InChI is InChI=1S/C11H11F9O3.C10H9F9O3.C9H19NO2.C8H17NO2/c1-5(2)7(22)23-4-6(21)3-8(12,13)9(14,15)10(16,17)11(18,19)20;1-2-6(21)22-4-5(20)3-7(11,12)8(13,14)9(15,16)10(17,18)19;1-5-9(3,4)8(12)10-6-7(2)11;1-4-6(2)8(11)9-5-7(3)10/h6,21H,1,3-4H2,2H3;2,5,20H,1,3-4H2;7,11H,5-6H2,1-4H3,(H,10,12);6-7,10H,4-5H2,1-3H3,(H,9,11). The van der Waals surface area contributed by atoms with Crippen molar-refractivity contribution in [3.8, 4) is 0 Å². The first kappa shape index (κ1) is 70.5. The van der Waals surface area contributed by atoms with Crippen LogP contribution in [0.15, 0.2) is 24.8 Å². The third-order valence-electron chi connectivity index (χ3n) is 8.43. The van der Waals surface area contributed by atoms with Crippen molar-refractivity contribution in [1.82, 2.24) is 10.6 Å². The van der Waals surface area contributed by atoms with E-state index in [1.165, 1.54) is 0 Å². The van der Waals surface area contributed by atoms with Crippen LogP contribution in [0.25, 0.3) is 0 Å². The van der Waals surface area contributed by atoms with Crippen LogP contribution in [0.4, 0.5) is 79.0 Å². The number of amides is 2. The Morgan fingerprint density at radius 1 is 0.603 bits per heavy atom. The van der Waals surface area contributed by atoms with Gasteiger partial charge in [-0.15, -0.1) is 0 Å². The minimum absolute atomic E-state index is 0.00546. The van der Waals surface area contributed by atoms with Crippen LogP contribution >= 0.6 is 0 Å². The monoisotopic (exact) mass is 1040 g/mol. The fraction of sp³-hybridized carbons (Fsp3) is 0.789. The highest BCUT2D eigenvalue weighted by molar-refractivity contribution is 5.87. The maximum absolute atomic E-state index is 13.1. The number of aliphatic hydroxyl groups is 4. The molecular formula is C38H56F18N2O10. The Labute approximate surface area is 378 Å². The van der Waals surface area contributed by atoms with Gasteiger partial charge in [0.1, 0.15) is 13.2 Å². The molecule has 0 saturated carbocycles. The van der Waals surface area contributed by atoms with Crippen molar-refractivity contribution < 1.29 is 128 Å². The van der Waals surface area contributed by atoms with Crippen molar-refractivity contribution in [2.75, 3.05) is 26.3 Å². The summed E-state index contributed by atoms with van der Waals surface area (Å²) in [5, 5.41) is 41.0. The number of alkyl halides is 18. The third kappa shape index (κ3) is 22.6. The lowest BCUT2D eigenvalue weighted by atomic mass is 9.89. The topological polar surface area (TPSA) is 192 Å². The van der Waals surface area contributed by atoms with Gasteiger partial charge in [0.05, 0.1) is 24.4 Å². The van der Waals surface area contributed by atoms with Crippen molar-refractivity contribution in [3.63, 3.8) is 0 Å². The highest BCUT2D eigenvalue weighted by atomic mass is 19.4. The molecule has 0 heterocycles. The molecule has 0 aliphatic carbocycles. The summed E-state index contributed by atoms with van der Waals surface area (Å²) in [6, 6.07) is 0. The highest BCUT2D eigenvalue weighted by Crippen LogP contribution is 2.55. The number of carbonyl (C=O) groups is 4. The number of carbonyl (C=O) groups excluding carboxylic acids is 4. The minimum Gasteiger partial charge on any atom is -0.460 e. The molecule has 0 aromatic rings. The second-order valence-corrected chi connectivity index (χ2v) is 15.3. The Bertz CT molecular complexity index is 1590. The Morgan fingerprint density at radius 2 is 0.941 bits per heavy atom. The Morgan fingerprint density at radius 3 is 1.22 bits per heavy atom.